The van der Waals surface area contributed by atoms with E-state index in [0.29, 0.717) is 17.1 Å². The van der Waals surface area contributed by atoms with Gasteiger partial charge in [0.25, 0.3) is 0 Å². The molecule has 4 rings (SSSR count). The lowest BCUT2D eigenvalue weighted by Gasteiger charge is -2.09. The van der Waals surface area contributed by atoms with Gasteiger partial charge >= 0.3 is 0 Å². The van der Waals surface area contributed by atoms with Crippen molar-refractivity contribution >= 4 is 22.4 Å². The van der Waals surface area contributed by atoms with Crippen molar-refractivity contribution in [2.24, 2.45) is 0 Å². The quantitative estimate of drug-likeness (QED) is 0.571. The highest BCUT2D eigenvalue weighted by molar-refractivity contribution is 7.14. The van der Waals surface area contributed by atoms with Gasteiger partial charge in [0.05, 0.1) is 5.69 Å². The third-order valence-corrected chi connectivity index (χ3v) is 5.06. The molecule has 0 spiro atoms. The molecule has 1 aromatic heterocycles. The predicted molar refractivity (Wildman–Crippen MR) is 94.8 cm³/mol. The maximum Gasteiger partial charge on any atom is 0.223 e. The summed E-state index contributed by atoms with van der Waals surface area (Å²) in [5, 5.41) is 5.15. The monoisotopic (exact) mass is 338 g/mol. The Morgan fingerprint density at radius 2 is 2.08 bits per heavy atom. The van der Waals surface area contributed by atoms with Crippen molar-refractivity contribution in [3.63, 3.8) is 0 Å². The lowest BCUT2D eigenvalue weighted by Crippen LogP contribution is -2.05. The molecule has 0 fully saturated rings. The molecular formula is C19H15FN2OS. The lowest BCUT2D eigenvalue weighted by atomic mass is 9.97. The summed E-state index contributed by atoms with van der Waals surface area (Å²) in [6.07, 6.45) is 0.701. The van der Waals surface area contributed by atoms with E-state index in [1.165, 1.54) is 24.3 Å². The Morgan fingerprint density at radius 1 is 1.25 bits per heavy atom. The van der Waals surface area contributed by atoms with Gasteiger partial charge in [0.15, 0.2) is 5.13 Å². The van der Waals surface area contributed by atoms with Crippen LogP contribution in [0.2, 0.25) is 0 Å². The highest BCUT2D eigenvalue weighted by Gasteiger charge is 2.27. The van der Waals surface area contributed by atoms with Crippen LogP contribution in [-0.2, 0) is 11.2 Å². The van der Waals surface area contributed by atoms with Crippen LogP contribution in [0, 0.1) is 12.7 Å². The molecule has 0 aliphatic heterocycles. The van der Waals surface area contributed by atoms with Gasteiger partial charge in [-0.2, -0.15) is 0 Å². The zero-order valence-electron chi connectivity index (χ0n) is 13.3. The van der Waals surface area contributed by atoms with Gasteiger partial charge in [0.1, 0.15) is 5.82 Å². The molecule has 120 valence electrons. The Bertz CT molecular complexity index is 977. The Morgan fingerprint density at radius 3 is 2.88 bits per heavy atom. The molecule has 0 radical (unpaired) electrons. The second-order valence-corrected chi connectivity index (χ2v) is 6.81. The van der Waals surface area contributed by atoms with Crippen molar-refractivity contribution in [2.75, 3.05) is 5.32 Å². The van der Waals surface area contributed by atoms with Crippen molar-refractivity contribution in [3.05, 3.63) is 58.2 Å². The minimum Gasteiger partial charge on any atom is -0.302 e. The number of anilines is 1. The number of aromatic nitrogens is 1. The topological polar surface area (TPSA) is 42.0 Å². The zero-order valence-corrected chi connectivity index (χ0v) is 14.1. The molecule has 24 heavy (non-hydrogen) atoms. The first kappa shape index (κ1) is 15.0. The average Bonchev–Trinajstić information content (AvgIpc) is 3.12. The number of halogens is 1. The highest BCUT2D eigenvalue weighted by atomic mass is 32.1. The van der Waals surface area contributed by atoms with E-state index in [2.05, 4.69) is 16.4 Å². The van der Waals surface area contributed by atoms with Crippen LogP contribution in [0.1, 0.15) is 23.6 Å². The minimum absolute atomic E-state index is 0.150. The highest BCUT2D eigenvalue weighted by Crippen LogP contribution is 2.44. The zero-order chi connectivity index (χ0) is 16.8. The first-order chi connectivity index (χ1) is 11.5. The summed E-state index contributed by atoms with van der Waals surface area (Å²) in [5.74, 6) is -0.345. The molecule has 1 aliphatic carbocycles. The molecule has 2 aromatic carbocycles. The number of fused-ring (bicyclic) bond motifs is 3. The third-order valence-electron chi connectivity index (χ3n) is 4.30. The number of nitrogens with one attached hydrogen (secondary N) is 1. The first-order valence-electron chi connectivity index (χ1n) is 7.68. The van der Waals surface area contributed by atoms with E-state index in [1.54, 1.807) is 6.07 Å². The fourth-order valence-electron chi connectivity index (χ4n) is 3.34. The Balaban J connectivity index is 1.86. The number of aryl methyl sites for hydroxylation is 1. The van der Waals surface area contributed by atoms with E-state index in [4.69, 9.17) is 0 Å². The molecule has 0 bridgehead atoms. The van der Waals surface area contributed by atoms with Gasteiger partial charge in [-0.25, -0.2) is 9.37 Å². The minimum atomic E-state index is -0.195. The second kappa shape index (κ2) is 5.53. The number of hydrogen-bond donors (Lipinski definition) is 1. The van der Waals surface area contributed by atoms with Gasteiger partial charge in [-0.15, -0.1) is 11.3 Å². The van der Waals surface area contributed by atoms with Gasteiger partial charge in [0, 0.05) is 23.4 Å². The van der Waals surface area contributed by atoms with Crippen LogP contribution in [0.5, 0.6) is 0 Å². The maximum absolute atomic E-state index is 14.5. The number of amides is 1. The molecule has 0 unspecified atom stereocenters. The number of hydrogen-bond acceptors (Lipinski definition) is 3. The molecule has 0 atom stereocenters. The SMILES string of the molecule is CC(=O)Nc1nc(-c2ccc(F)c3c2Cc2cccc(C)c2-3)cs1. The molecule has 5 heteroatoms. The number of rotatable bonds is 2. The van der Waals surface area contributed by atoms with Crippen molar-refractivity contribution < 1.29 is 9.18 Å². The maximum atomic E-state index is 14.5. The molecular weight excluding hydrogens is 323 g/mol. The summed E-state index contributed by atoms with van der Waals surface area (Å²) in [6.45, 7) is 3.47. The summed E-state index contributed by atoms with van der Waals surface area (Å²) in [6, 6.07) is 9.36. The molecule has 3 nitrogen and oxygen atoms in total. The van der Waals surface area contributed by atoms with Crippen molar-refractivity contribution in [1.29, 1.82) is 0 Å². The number of carbonyl (C=O) groups excluding carboxylic acids is 1. The fourth-order valence-corrected chi connectivity index (χ4v) is 4.10. The average molecular weight is 338 g/mol. The van der Waals surface area contributed by atoms with Crippen LogP contribution in [-0.4, -0.2) is 10.9 Å². The summed E-state index contributed by atoms with van der Waals surface area (Å²) in [7, 11) is 0. The molecule has 1 amide bonds. The standard InChI is InChI=1S/C19H15FN2OS/c1-10-4-3-5-12-8-14-13(6-7-15(20)18(14)17(10)12)16-9-24-19(22-16)21-11(2)23/h3-7,9H,8H2,1-2H3,(H,21,22,23). The molecule has 0 saturated heterocycles. The molecule has 1 aliphatic rings. The van der Waals surface area contributed by atoms with Gasteiger partial charge < -0.3 is 5.32 Å². The molecule has 1 heterocycles. The van der Waals surface area contributed by atoms with E-state index in [0.717, 1.165) is 33.5 Å². The predicted octanol–water partition coefficient (Wildman–Crippen LogP) is 4.79. The van der Waals surface area contributed by atoms with Crippen LogP contribution in [0.4, 0.5) is 9.52 Å². The largest absolute Gasteiger partial charge is 0.302 e. The number of thiazole rings is 1. The number of carbonyl (C=O) groups is 1. The number of nitrogens with zero attached hydrogens (tertiary/aromatic N) is 1. The van der Waals surface area contributed by atoms with Crippen LogP contribution < -0.4 is 5.32 Å². The lowest BCUT2D eigenvalue weighted by molar-refractivity contribution is -0.114. The molecule has 0 saturated carbocycles. The van der Waals surface area contributed by atoms with Crippen LogP contribution in [0.3, 0.4) is 0 Å². The van der Waals surface area contributed by atoms with Crippen LogP contribution >= 0.6 is 11.3 Å². The van der Waals surface area contributed by atoms with E-state index in [-0.39, 0.29) is 11.7 Å². The third kappa shape index (κ3) is 2.32. The van der Waals surface area contributed by atoms with Gasteiger partial charge in [0.2, 0.25) is 5.91 Å². The Kier molecular flexibility index (Phi) is 3.46. The van der Waals surface area contributed by atoms with Crippen LogP contribution in [0.25, 0.3) is 22.4 Å². The van der Waals surface area contributed by atoms with Crippen molar-refractivity contribution in [2.45, 2.75) is 20.3 Å². The summed E-state index contributed by atoms with van der Waals surface area (Å²) in [4.78, 5) is 15.7. The normalized spacial score (nSPS) is 12.0. The van der Waals surface area contributed by atoms with Crippen LogP contribution in [0.15, 0.2) is 35.7 Å². The molecule has 3 aromatic rings. The fraction of sp³-hybridized carbons (Fsp3) is 0.158. The summed E-state index contributed by atoms with van der Waals surface area (Å²) >= 11 is 1.37. The van der Waals surface area contributed by atoms with E-state index < -0.39 is 0 Å². The second-order valence-electron chi connectivity index (χ2n) is 5.95. The summed E-state index contributed by atoms with van der Waals surface area (Å²) < 4.78 is 14.5. The van der Waals surface area contributed by atoms with Crippen molar-refractivity contribution in [3.8, 4) is 22.4 Å². The first-order valence-corrected chi connectivity index (χ1v) is 8.56. The van der Waals surface area contributed by atoms with Gasteiger partial charge in [-0.1, -0.05) is 18.2 Å². The van der Waals surface area contributed by atoms with E-state index >= 15 is 0 Å². The van der Waals surface area contributed by atoms with Gasteiger partial charge in [-0.05, 0) is 47.7 Å². The van der Waals surface area contributed by atoms with E-state index in [1.807, 2.05) is 24.4 Å². The van der Waals surface area contributed by atoms with E-state index in [9.17, 15) is 9.18 Å². The Labute approximate surface area is 143 Å². The number of benzene rings is 2. The Hall–Kier alpha value is -2.53. The molecule has 1 N–H and O–H groups in total. The smallest absolute Gasteiger partial charge is 0.223 e. The van der Waals surface area contributed by atoms with Gasteiger partial charge in [-0.3, -0.25) is 4.79 Å². The van der Waals surface area contributed by atoms with Crippen molar-refractivity contribution in [1.82, 2.24) is 4.98 Å². The summed E-state index contributed by atoms with van der Waals surface area (Å²) in [5.41, 5.74) is 6.59.